The van der Waals surface area contributed by atoms with Crippen molar-refractivity contribution in [3.63, 3.8) is 0 Å². The highest BCUT2D eigenvalue weighted by Crippen LogP contribution is 2.55. The zero-order chi connectivity index (χ0) is 14.6. The molecule has 0 spiro atoms. The fourth-order valence-corrected chi connectivity index (χ4v) is 5.11. The molecule has 2 aliphatic rings. The largest absolute Gasteiger partial charge is 0.317 e. The molecule has 0 bridgehead atoms. The van der Waals surface area contributed by atoms with Crippen LogP contribution in [0.3, 0.4) is 0 Å². The molecule has 20 heavy (non-hydrogen) atoms. The third kappa shape index (κ3) is 4.00. The van der Waals surface area contributed by atoms with Gasteiger partial charge >= 0.3 is 0 Å². The fourth-order valence-electron chi connectivity index (χ4n) is 5.11. The summed E-state index contributed by atoms with van der Waals surface area (Å²) in [5, 5.41) is 3.52. The predicted molar refractivity (Wildman–Crippen MR) is 88.9 cm³/mol. The quantitative estimate of drug-likeness (QED) is 0.598. The number of rotatable bonds is 8. The summed E-state index contributed by atoms with van der Waals surface area (Å²) in [6.07, 6.45) is 11.7. The van der Waals surface area contributed by atoms with Crippen LogP contribution < -0.4 is 5.32 Å². The lowest BCUT2D eigenvalue weighted by molar-refractivity contribution is 0.0212. The molecule has 2 aliphatic carbocycles. The van der Waals surface area contributed by atoms with Gasteiger partial charge in [0, 0.05) is 0 Å². The van der Waals surface area contributed by atoms with Crippen LogP contribution in [0.1, 0.15) is 79.1 Å². The van der Waals surface area contributed by atoms with E-state index in [0.717, 1.165) is 30.2 Å². The van der Waals surface area contributed by atoms with Gasteiger partial charge in [-0.25, -0.2) is 0 Å². The van der Waals surface area contributed by atoms with Gasteiger partial charge in [0.2, 0.25) is 0 Å². The predicted octanol–water partition coefficient (Wildman–Crippen LogP) is 5.25. The average Bonchev–Trinajstić information content (AvgIpc) is 3.23. The smallest absolute Gasteiger partial charge is 0.00464 e. The first kappa shape index (κ1) is 16.3. The van der Waals surface area contributed by atoms with Gasteiger partial charge in [0.15, 0.2) is 0 Å². The number of hydrogen-bond acceptors (Lipinski definition) is 1. The highest BCUT2D eigenvalue weighted by Gasteiger charge is 2.45. The van der Waals surface area contributed by atoms with Gasteiger partial charge in [-0.3, -0.25) is 0 Å². The Bertz CT molecular complexity index is 283. The minimum atomic E-state index is 0.631. The first-order valence-electron chi connectivity index (χ1n) is 9.31. The van der Waals surface area contributed by atoms with E-state index >= 15 is 0 Å². The average molecular weight is 280 g/mol. The molecule has 0 amide bonds. The molecule has 0 aliphatic heterocycles. The molecule has 1 nitrogen and oxygen atoms in total. The fraction of sp³-hybridized carbons (Fsp3) is 1.00. The van der Waals surface area contributed by atoms with Gasteiger partial charge in [-0.05, 0) is 80.7 Å². The van der Waals surface area contributed by atoms with Crippen LogP contribution in [0.15, 0.2) is 0 Å². The van der Waals surface area contributed by atoms with Crippen LogP contribution in [0.25, 0.3) is 0 Å². The molecule has 2 fully saturated rings. The van der Waals surface area contributed by atoms with Crippen molar-refractivity contribution in [2.45, 2.75) is 79.1 Å². The van der Waals surface area contributed by atoms with Crippen molar-refractivity contribution in [3.05, 3.63) is 0 Å². The minimum absolute atomic E-state index is 0.631. The summed E-state index contributed by atoms with van der Waals surface area (Å²) < 4.78 is 0. The van der Waals surface area contributed by atoms with Crippen LogP contribution in [-0.2, 0) is 0 Å². The molecule has 0 aromatic rings. The maximum Gasteiger partial charge on any atom is -0.00464 e. The number of hydrogen-bond donors (Lipinski definition) is 1. The normalized spacial score (nSPS) is 36.0. The molecule has 0 saturated heterocycles. The second kappa shape index (κ2) is 7.29. The van der Waals surface area contributed by atoms with Gasteiger partial charge in [0.25, 0.3) is 0 Å². The molecule has 2 rings (SSSR count). The van der Waals surface area contributed by atoms with Crippen molar-refractivity contribution >= 4 is 0 Å². The van der Waals surface area contributed by atoms with Crippen LogP contribution in [0.4, 0.5) is 0 Å². The molecular weight excluding hydrogens is 242 g/mol. The highest BCUT2D eigenvalue weighted by molar-refractivity contribution is 4.95. The van der Waals surface area contributed by atoms with Crippen molar-refractivity contribution in [1.82, 2.24) is 5.32 Å². The van der Waals surface area contributed by atoms with E-state index in [1.807, 2.05) is 0 Å². The Morgan fingerprint density at radius 3 is 2.50 bits per heavy atom. The van der Waals surface area contributed by atoms with Gasteiger partial charge in [-0.1, -0.05) is 40.5 Å². The monoisotopic (exact) mass is 279 g/mol. The summed E-state index contributed by atoms with van der Waals surface area (Å²) in [6, 6.07) is 0. The lowest BCUT2D eigenvalue weighted by Gasteiger charge is -2.48. The van der Waals surface area contributed by atoms with Gasteiger partial charge in [0.05, 0.1) is 0 Å². The van der Waals surface area contributed by atoms with Crippen LogP contribution in [0, 0.1) is 29.1 Å². The van der Waals surface area contributed by atoms with Gasteiger partial charge in [0.1, 0.15) is 0 Å². The lowest BCUT2D eigenvalue weighted by atomic mass is 9.57. The second-order valence-electron chi connectivity index (χ2n) is 8.00. The summed E-state index contributed by atoms with van der Waals surface area (Å²) in [6.45, 7) is 12.1. The van der Waals surface area contributed by atoms with Crippen molar-refractivity contribution in [2.24, 2.45) is 29.1 Å². The van der Waals surface area contributed by atoms with Crippen molar-refractivity contribution in [3.8, 4) is 0 Å². The molecule has 0 aromatic heterocycles. The third-order valence-electron chi connectivity index (χ3n) is 6.34. The van der Waals surface area contributed by atoms with Crippen LogP contribution in [0.2, 0.25) is 0 Å². The second-order valence-corrected chi connectivity index (χ2v) is 8.00. The summed E-state index contributed by atoms with van der Waals surface area (Å²) in [5.41, 5.74) is 0.631. The standard InChI is InChI=1S/C19H37N/c1-5-12-19(4)14-16(11-13-20-6-2)7-10-18(19)15(3)17-8-9-17/h15-18,20H,5-14H2,1-4H3. The molecule has 4 atom stereocenters. The zero-order valence-electron chi connectivity index (χ0n) is 14.4. The molecule has 1 N–H and O–H groups in total. The molecule has 118 valence electrons. The van der Waals surface area contributed by atoms with E-state index in [9.17, 15) is 0 Å². The van der Waals surface area contributed by atoms with E-state index in [0.29, 0.717) is 5.41 Å². The SMILES string of the molecule is CCCC1(C)CC(CCNCC)CCC1C(C)C1CC1. The molecule has 0 heterocycles. The number of nitrogens with one attached hydrogen (secondary N) is 1. The molecule has 2 saturated carbocycles. The lowest BCUT2D eigenvalue weighted by Crippen LogP contribution is -2.39. The third-order valence-corrected chi connectivity index (χ3v) is 6.34. The Hall–Kier alpha value is -0.0400. The van der Waals surface area contributed by atoms with Crippen LogP contribution >= 0.6 is 0 Å². The molecule has 4 unspecified atom stereocenters. The van der Waals surface area contributed by atoms with E-state index in [1.165, 1.54) is 57.9 Å². The van der Waals surface area contributed by atoms with Crippen LogP contribution in [-0.4, -0.2) is 13.1 Å². The molecule has 0 radical (unpaired) electrons. The maximum absolute atomic E-state index is 3.52. The van der Waals surface area contributed by atoms with E-state index in [2.05, 4.69) is 33.0 Å². The van der Waals surface area contributed by atoms with Gasteiger partial charge < -0.3 is 5.32 Å². The van der Waals surface area contributed by atoms with Crippen molar-refractivity contribution in [2.75, 3.05) is 13.1 Å². The molecule has 0 aromatic carbocycles. The summed E-state index contributed by atoms with van der Waals surface area (Å²) in [5.74, 6) is 4.05. The Balaban J connectivity index is 1.93. The Morgan fingerprint density at radius 2 is 1.90 bits per heavy atom. The van der Waals surface area contributed by atoms with E-state index < -0.39 is 0 Å². The van der Waals surface area contributed by atoms with Gasteiger partial charge in [-0.15, -0.1) is 0 Å². The summed E-state index contributed by atoms with van der Waals surface area (Å²) in [4.78, 5) is 0. The Morgan fingerprint density at radius 1 is 1.15 bits per heavy atom. The Kier molecular flexibility index (Phi) is 5.95. The first-order chi connectivity index (χ1) is 9.60. The molecule has 1 heteroatoms. The van der Waals surface area contributed by atoms with E-state index in [4.69, 9.17) is 0 Å². The topological polar surface area (TPSA) is 12.0 Å². The van der Waals surface area contributed by atoms with E-state index in [-0.39, 0.29) is 0 Å². The van der Waals surface area contributed by atoms with Crippen LogP contribution in [0.5, 0.6) is 0 Å². The van der Waals surface area contributed by atoms with Crippen molar-refractivity contribution < 1.29 is 0 Å². The summed E-state index contributed by atoms with van der Waals surface area (Å²) in [7, 11) is 0. The van der Waals surface area contributed by atoms with Crippen molar-refractivity contribution in [1.29, 1.82) is 0 Å². The maximum atomic E-state index is 3.52. The molecular formula is C19H37N. The minimum Gasteiger partial charge on any atom is -0.317 e. The highest BCUT2D eigenvalue weighted by atomic mass is 14.8. The first-order valence-corrected chi connectivity index (χ1v) is 9.31. The summed E-state index contributed by atoms with van der Waals surface area (Å²) >= 11 is 0. The van der Waals surface area contributed by atoms with E-state index in [1.54, 1.807) is 0 Å². The Labute approximate surface area is 127 Å². The zero-order valence-corrected chi connectivity index (χ0v) is 14.4. The van der Waals surface area contributed by atoms with Gasteiger partial charge in [-0.2, -0.15) is 0 Å².